The molecule has 2 heteroatoms. The molecule has 0 amide bonds. The Morgan fingerprint density at radius 3 is 2.28 bits per heavy atom. The predicted octanol–water partition coefficient (Wildman–Crippen LogP) is 3.23. The van der Waals surface area contributed by atoms with Gasteiger partial charge in [-0.05, 0) is 42.7 Å². The Morgan fingerprint density at radius 2 is 1.78 bits per heavy atom. The summed E-state index contributed by atoms with van der Waals surface area (Å²) in [6.07, 6.45) is 3.56. The van der Waals surface area contributed by atoms with Gasteiger partial charge in [0.15, 0.2) is 5.78 Å². The minimum Gasteiger partial charge on any atom is -0.382 e. The summed E-state index contributed by atoms with van der Waals surface area (Å²) >= 11 is 0. The average Bonchev–Trinajstić information content (AvgIpc) is 2.78. The Bertz CT molecular complexity index is 411. The fraction of sp³-hybridized carbons (Fsp3) is 0.562. The van der Waals surface area contributed by atoms with Crippen molar-refractivity contribution in [2.45, 2.75) is 57.5 Å². The number of aliphatic hydroxyl groups is 1. The molecule has 0 heterocycles. The molecule has 0 unspecified atom stereocenters. The lowest BCUT2D eigenvalue weighted by atomic mass is 9.91. The van der Waals surface area contributed by atoms with Gasteiger partial charge in [0.1, 0.15) is 5.60 Å². The number of carbonyl (C=O) groups is 1. The van der Waals surface area contributed by atoms with Gasteiger partial charge in [0, 0.05) is 6.42 Å². The van der Waals surface area contributed by atoms with Crippen LogP contribution < -0.4 is 0 Å². The first kappa shape index (κ1) is 13.3. The predicted molar refractivity (Wildman–Crippen MR) is 72.7 cm³/mol. The number of rotatable bonds is 4. The number of ketones is 1. The van der Waals surface area contributed by atoms with Crippen LogP contribution in [0.4, 0.5) is 0 Å². The summed E-state index contributed by atoms with van der Waals surface area (Å²) in [5.41, 5.74) is 1.24. The van der Waals surface area contributed by atoms with Gasteiger partial charge in [0.25, 0.3) is 0 Å². The Hall–Kier alpha value is -1.15. The minimum absolute atomic E-state index is 0.0164. The van der Waals surface area contributed by atoms with E-state index >= 15 is 0 Å². The normalized spacial score (nSPS) is 18.2. The van der Waals surface area contributed by atoms with E-state index in [1.165, 1.54) is 5.56 Å². The lowest BCUT2D eigenvalue weighted by Gasteiger charge is -2.20. The first-order valence-electron chi connectivity index (χ1n) is 6.86. The maximum absolute atomic E-state index is 12.1. The summed E-state index contributed by atoms with van der Waals surface area (Å²) in [5, 5.41) is 10.2. The Labute approximate surface area is 109 Å². The van der Waals surface area contributed by atoms with Crippen molar-refractivity contribution < 1.29 is 9.90 Å². The van der Waals surface area contributed by atoms with Crippen LogP contribution in [0.1, 0.15) is 56.6 Å². The van der Waals surface area contributed by atoms with Gasteiger partial charge in [-0.2, -0.15) is 0 Å². The Balaban J connectivity index is 2.03. The maximum Gasteiger partial charge on any atom is 0.168 e. The molecule has 2 rings (SSSR count). The third kappa shape index (κ3) is 2.81. The van der Waals surface area contributed by atoms with Crippen molar-refractivity contribution in [2.75, 3.05) is 0 Å². The first-order chi connectivity index (χ1) is 8.51. The number of benzene rings is 1. The summed E-state index contributed by atoms with van der Waals surface area (Å²) in [4.78, 5) is 12.1. The van der Waals surface area contributed by atoms with Crippen LogP contribution >= 0.6 is 0 Å². The fourth-order valence-corrected chi connectivity index (χ4v) is 2.61. The monoisotopic (exact) mass is 246 g/mol. The molecule has 0 bridgehead atoms. The van der Waals surface area contributed by atoms with E-state index in [9.17, 15) is 9.90 Å². The van der Waals surface area contributed by atoms with Crippen molar-refractivity contribution in [2.24, 2.45) is 0 Å². The highest BCUT2D eigenvalue weighted by Gasteiger charge is 2.37. The summed E-state index contributed by atoms with van der Waals surface area (Å²) < 4.78 is 0. The molecule has 1 aromatic carbocycles. The van der Waals surface area contributed by atoms with Crippen molar-refractivity contribution >= 4 is 5.78 Å². The molecule has 1 fully saturated rings. The van der Waals surface area contributed by atoms with Gasteiger partial charge >= 0.3 is 0 Å². The Morgan fingerprint density at radius 1 is 1.22 bits per heavy atom. The van der Waals surface area contributed by atoms with Gasteiger partial charge in [-0.25, -0.2) is 0 Å². The van der Waals surface area contributed by atoms with E-state index in [0.717, 1.165) is 18.4 Å². The highest BCUT2D eigenvalue weighted by Crippen LogP contribution is 2.31. The fourth-order valence-electron chi connectivity index (χ4n) is 2.61. The van der Waals surface area contributed by atoms with Crippen LogP contribution in [-0.4, -0.2) is 16.5 Å². The standard InChI is InChI=1S/C16H22O2/c1-12(2)14-7-5-13(6-8-14)11-15(17)16(18)9-3-4-10-16/h5-8,12,18H,3-4,9-11H2,1-2H3. The zero-order valence-electron chi connectivity index (χ0n) is 11.3. The molecule has 1 aromatic rings. The zero-order chi connectivity index (χ0) is 13.2. The Kier molecular flexibility index (Phi) is 3.86. The van der Waals surface area contributed by atoms with Crippen molar-refractivity contribution in [3.63, 3.8) is 0 Å². The van der Waals surface area contributed by atoms with Crippen molar-refractivity contribution in [1.29, 1.82) is 0 Å². The molecule has 1 saturated carbocycles. The van der Waals surface area contributed by atoms with Crippen molar-refractivity contribution in [3.05, 3.63) is 35.4 Å². The lowest BCUT2D eigenvalue weighted by molar-refractivity contribution is -0.136. The number of Topliss-reactive ketones (excluding diaryl/α,β-unsaturated/α-hetero) is 1. The van der Waals surface area contributed by atoms with Crippen molar-refractivity contribution in [1.82, 2.24) is 0 Å². The van der Waals surface area contributed by atoms with Crippen LogP contribution in [0.5, 0.6) is 0 Å². The molecule has 0 aromatic heterocycles. The second-order valence-electron chi connectivity index (χ2n) is 5.73. The minimum atomic E-state index is -1.04. The first-order valence-corrected chi connectivity index (χ1v) is 6.86. The third-order valence-electron chi connectivity index (χ3n) is 3.96. The van der Waals surface area contributed by atoms with E-state index in [1.807, 2.05) is 12.1 Å². The van der Waals surface area contributed by atoms with Gasteiger partial charge in [0.05, 0.1) is 0 Å². The summed E-state index contributed by atoms with van der Waals surface area (Å²) in [6, 6.07) is 8.16. The zero-order valence-corrected chi connectivity index (χ0v) is 11.3. The van der Waals surface area contributed by atoms with E-state index < -0.39 is 5.60 Å². The second kappa shape index (κ2) is 5.23. The average molecular weight is 246 g/mol. The molecular formula is C16H22O2. The molecule has 0 radical (unpaired) electrons. The van der Waals surface area contributed by atoms with E-state index in [4.69, 9.17) is 0 Å². The molecule has 0 spiro atoms. The van der Waals surface area contributed by atoms with Crippen molar-refractivity contribution in [3.8, 4) is 0 Å². The van der Waals surface area contributed by atoms with Crippen LogP contribution in [-0.2, 0) is 11.2 Å². The molecule has 1 aliphatic carbocycles. The van der Waals surface area contributed by atoms with Gasteiger partial charge < -0.3 is 5.11 Å². The number of hydrogen-bond acceptors (Lipinski definition) is 2. The molecule has 0 atom stereocenters. The molecule has 0 saturated heterocycles. The van der Waals surface area contributed by atoms with Gasteiger partial charge in [0.2, 0.25) is 0 Å². The molecule has 0 aliphatic heterocycles. The molecule has 2 nitrogen and oxygen atoms in total. The van der Waals surface area contributed by atoms with Gasteiger partial charge in [-0.15, -0.1) is 0 Å². The molecule has 18 heavy (non-hydrogen) atoms. The van der Waals surface area contributed by atoms with Gasteiger partial charge in [-0.1, -0.05) is 38.1 Å². The quantitative estimate of drug-likeness (QED) is 0.885. The van der Waals surface area contributed by atoms with Crippen LogP contribution in [0.25, 0.3) is 0 Å². The number of hydrogen-bond donors (Lipinski definition) is 1. The summed E-state index contributed by atoms with van der Waals surface area (Å²) in [7, 11) is 0. The highest BCUT2D eigenvalue weighted by atomic mass is 16.3. The lowest BCUT2D eigenvalue weighted by Crippen LogP contribution is -2.36. The largest absolute Gasteiger partial charge is 0.382 e. The van der Waals surface area contributed by atoms with E-state index in [1.54, 1.807) is 0 Å². The van der Waals surface area contributed by atoms with Crippen LogP contribution in [0.15, 0.2) is 24.3 Å². The highest BCUT2D eigenvalue weighted by molar-refractivity contribution is 5.89. The summed E-state index contributed by atoms with van der Waals surface area (Å²) in [5.74, 6) is 0.492. The smallest absolute Gasteiger partial charge is 0.168 e. The van der Waals surface area contributed by atoms with E-state index in [0.29, 0.717) is 25.2 Å². The van der Waals surface area contributed by atoms with Gasteiger partial charge in [-0.3, -0.25) is 4.79 Å². The maximum atomic E-state index is 12.1. The van der Waals surface area contributed by atoms with E-state index in [-0.39, 0.29) is 5.78 Å². The molecule has 98 valence electrons. The molecule has 1 aliphatic rings. The second-order valence-corrected chi connectivity index (χ2v) is 5.73. The number of carbonyl (C=O) groups excluding carboxylic acids is 1. The van der Waals surface area contributed by atoms with Crippen LogP contribution in [0, 0.1) is 0 Å². The molecular weight excluding hydrogens is 224 g/mol. The van der Waals surface area contributed by atoms with Crippen LogP contribution in [0.2, 0.25) is 0 Å². The third-order valence-corrected chi connectivity index (χ3v) is 3.96. The van der Waals surface area contributed by atoms with Crippen LogP contribution in [0.3, 0.4) is 0 Å². The topological polar surface area (TPSA) is 37.3 Å². The van der Waals surface area contributed by atoms with E-state index in [2.05, 4.69) is 26.0 Å². The summed E-state index contributed by atoms with van der Waals surface area (Å²) in [6.45, 7) is 4.31. The molecule has 1 N–H and O–H groups in total. The SMILES string of the molecule is CC(C)c1ccc(CC(=O)C2(O)CCCC2)cc1.